The van der Waals surface area contributed by atoms with Crippen molar-refractivity contribution in [3.05, 3.63) is 23.2 Å². The van der Waals surface area contributed by atoms with Crippen LogP contribution in [0.2, 0.25) is 0 Å². The highest BCUT2D eigenvalue weighted by Gasteiger charge is 2.21. The number of piperazine rings is 1. The summed E-state index contributed by atoms with van der Waals surface area (Å²) in [6.45, 7) is 9.95. The molecule has 3 heterocycles. The zero-order valence-electron chi connectivity index (χ0n) is 12.0. The molecule has 0 N–H and O–H groups in total. The number of aromatic nitrogens is 3. The number of fused-ring (bicyclic) bond motifs is 1. The second-order valence-electron chi connectivity index (χ2n) is 5.73. The summed E-state index contributed by atoms with van der Waals surface area (Å²) < 4.78 is 2.87. The lowest BCUT2D eigenvalue weighted by atomic mass is 10.2. The molecule has 108 valence electrons. The molecule has 2 aromatic heterocycles. The first-order chi connectivity index (χ1) is 9.63. The van der Waals surface area contributed by atoms with Gasteiger partial charge in [0.2, 0.25) is 0 Å². The van der Waals surface area contributed by atoms with Crippen molar-refractivity contribution in [1.29, 1.82) is 0 Å². The molecule has 0 aromatic carbocycles. The van der Waals surface area contributed by atoms with Crippen LogP contribution >= 0.6 is 15.9 Å². The zero-order chi connectivity index (χ0) is 14.1. The molecule has 1 aliphatic rings. The van der Waals surface area contributed by atoms with Crippen LogP contribution in [0.5, 0.6) is 0 Å². The molecule has 0 unspecified atom stereocenters. The largest absolute Gasteiger partial charge is 0.351 e. The second kappa shape index (κ2) is 5.69. The predicted octanol–water partition coefficient (Wildman–Crippen LogP) is 2.27. The van der Waals surface area contributed by atoms with Gasteiger partial charge < -0.3 is 9.30 Å². The van der Waals surface area contributed by atoms with Gasteiger partial charge in [0.15, 0.2) is 11.5 Å². The highest BCUT2D eigenvalue weighted by molar-refractivity contribution is 9.10. The number of nitrogens with zero attached hydrogens (tertiary/aromatic N) is 5. The van der Waals surface area contributed by atoms with E-state index in [0.29, 0.717) is 0 Å². The van der Waals surface area contributed by atoms with Gasteiger partial charge in [0.1, 0.15) is 4.60 Å². The SMILES string of the molecule is CC(C)CN1CCN(c2nc(Br)cn3ccnc23)CC1. The molecule has 0 saturated carbocycles. The van der Waals surface area contributed by atoms with E-state index in [1.807, 2.05) is 23.0 Å². The number of hydrogen-bond donors (Lipinski definition) is 0. The highest BCUT2D eigenvalue weighted by atomic mass is 79.9. The summed E-state index contributed by atoms with van der Waals surface area (Å²) in [4.78, 5) is 13.9. The molecule has 0 aliphatic carbocycles. The maximum atomic E-state index is 4.62. The number of halogens is 1. The molecule has 0 radical (unpaired) electrons. The quantitative estimate of drug-likeness (QED) is 0.860. The monoisotopic (exact) mass is 337 g/mol. The van der Waals surface area contributed by atoms with Crippen molar-refractivity contribution in [3.63, 3.8) is 0 Å². The van der Waals surface area contributed by atoms with E-state index in [4.69, 9.17) is 0 Å². The molecule has 0 bridgehead atoms. The van der Waals surface area contributed by atoms with Crippen LogP contribution in [-0.2, 0) is 0 Å². The summed E-state index contributed by atoms with van der Waals surface area (Å²) in [6.07, 6.45) is 5.73. The van der Waals surface area contributed by atoms with Crippen LogP contribution in [0.1, 0.15) is 13.8 Å². The fraction of sp³-hybridized carbons (Fsp3) is 0.571. The third-order valence-corrected chi connectivity index (χ3v) is 4.00. The molecule has 6 heteroatoms. The Bertz CT molecular complexity index is 586. The van der Waals surface area contributed by atoms with Crippen LogP contribution in [0.3, 0.4) is 0 Å². The molecule has 0 atom stereocenters. The molecule has 1 aliphatic heterocycles. The van der Waals surface area contributed by atoms with Gasteiger partial charge in [0, 0.05) is 51.3 Å². The molecular formula is C14H20BrN5. The third-order valence-electron chi connectivity index (χ3n) is 3.62. The summed E-state index contributed by atoms with van der Waals surface area (Å²) in [5, 5.41) is 0. The molecule has 0 spiro atoms. The van der Waals surface area contributed by atoms with E-state index >= 15 is 0 Å². The van der Waals surface area contributed by atoms with Crippen molar-refractivity contribution in [2.75, 3.05) is 37.6 Å². The summed E-state index contributed by atoms with van der Waals surface area (Å²) >= 11 is 3.48. The van der Waals surface area contributed by atoms with E-state index in [1.165, 1.54) is 6.54 Å². The van der Waals surface area contributed by atoms with E-state index in [-0.39, 0.29) is 0 Å². The molecule has 1 saturated heterocycles. The number of rotatable bonds is 3. The zero-order valence-corrected chi connectivity index (χ0v) is 13.5. The standard InChI is InChI=1S/C14H20BrN5/c1-11(2)9-18-5-7-19(8-6-18)14-13-16-3-4-20(13)10-12(15)17-14/h3-4,10-11H,5-9H2,1-2H3. The van der Waals surface area contributed by atoms with E-state index in [9.17, 15) is 0 Å². The Balaban J connectivity index is 1.78. The third kappa shape index (κ3) is 2.81. The minimum atomic E-state index is 0.726. The lowest BCUT2D eigenvalue weighted by molar-refractivity contribution is 0.231. The second-order valence-corrected chi connectivity index (χ2v) is 6.54. The van der Waals surface area contributed by atoms with Crippen molar-refractivity contribution in [2.45, 2.75) is 13.8 Å². The first-order valence-electron chi connectivity index (χ1n) is 7.10. The first kappa shape index (κ1) is 13.8. The van der Waals surface area contributed by atoms with Crippen molar-refractivity contribution >= 4 is 27.4 Å². The Hall–Kier alpha value is -1.14. The topological polar surface area (TPSA) is 36.7 Å². The number of anilines is 1. The Labute approximate surface area is 127 Å². The molecule has 5 nitrogen and oxygen atoms in total. The molecule has 2 aromatic rings. The number of hydrogen-bond acceptors (Lipinski definition) is 4. The molecule has 0 amide bonds. The van der Waals surface area contributed by atoms with E-state index in [1.54, 1.807) is 0 Å². The predicted molar refractivity (Wildman–Crippen MR) is 84.2 cm³/mol. The van der Waals surface area contributed by atoms with Crippen LogP contribution < -0.4 is 4.90 Å². The van der Waals surface area contributed by atoms with Crippen molar-refractivity contribution in [1.82, 2.24) is 19.3 Å². The van der Waals surface area contributed by atoms with Gasteiger partial charge >= 0.3 is 0 Å². The highest BCUT2D eigenvalue weighted by Crippen LogP contribution is 2.22. The summed E-state index contributed by atoms with van der Waals surface area (Å²) in [5.41, 5.74) is 0.936. The summed E-state index contributed by atoms with van der Waals surface area (Å²) in [5.74, 6) is 1.71. The minimum Gasteiger partial charge on any atom is -0.351 e. The Morgan fingerprint density at radius 1 is 1.25 bits per heavy atom. The van der Waals surface area contributed by atoms with Gasteiger partial charge in [-0.25, -0.2) is 9.97 Å². The maximum absolute atomic E-state index is 4.62. The molecule has 1 fully saturated rings. The first-order valence-corrected chi connectivity index (χ1v) is 7.89. The van der Waals surface area contributed by atoms with Crippen molar-refractivity contribution < 1.29 is 0 Å². The van der Waals surface area contributed by atoms with E-state index < -0.39 is 0 Å². The fourth-order valence-electron chi connectivity index (χ4n) is 2.76. The smallest absolute Gasteiger partial charge is 0.180 e. The average molecular weight is 338 g/mol. The van der Waals surface area contributed by atoms with Gasteiger partial charge in [0.25, 0.3) is 0 Å². The Morgan fingerprint density at radius 3 is 2.70 bits per heavy atom. The van der Waals surface area contributed by atoms with Crippen LogP contribution in [0.15, 0.2) is 23.2 Å². The number of imidazole rings is 1. The van der Waals surface area contributed by atoms with Crippen molar-refractivity contribution in [2.24, 2.45) is 5.92 Å². The van der Waals surface area contributed by atoms with E-state index in [2.05, 4.69) is 49.5 Å². The van der Waals surface area contributed by atoms with Gasteiger partial charge in [-0.1, -0.05) is 13.8 Å². The molecule has 3 rings (SSSR count). The van der Waals surface area contributed by atoms with Gasteiger partial charge in [-0.05, 0) is 21.8 Å². The van der Waals surface area contributed by atoms with Crippen molar-refractivity contribution in [3.8, 4) is 0 Å². The van der Waals surface area contributed by atoms with Crippen LogP contribution in [0, 0.1) is 5.92 Å². The van der Waals surface area contributed by atoms with E-state index in [0.717, 1.165) is 48.2 Å². The Kier molecular flexibility index (Phi) is 3.94. The fourth-order valence-corrected chi connectivity index (χ4v) is 3.14. The average Bonchev–Trinajstić information content (AvgIpc) is 2.86. The van der Waals surface area contributed by atoms with Crippen LogP contribution in [0.25, 0.3) is 5.65 Å². The maximum Gasteiger partial charge on any atom is 0.180 e. The molecule has 20 heavy (non-hydrogen) atoms. The van der Waals surface area contributed by atoms with Gasteiger partial charge in [0.05, 0.1) is 0 Å². The van der Waals surface area contributed by atoms with Gasteiger partial charge in [-0.15, -0.1) is 0 Å². The summed E-state index contributed by atoms with van der Waals surface area (Å²) in [6, 6.07) is 0. The lowest BCUT2D eigenvalue weighted by Gasteiger charge is -2.36. The normalized spacial score (nSPS) is 17.3. The van der Waals surface area contributed by atoms with Crippen LogP contribution in [-0.4, -0.2) is 52.0 Å². The van der Waals surface area contributed by atoms with Crippen LogP contribution in [0.4, 0.5) is 5.82 Å². The Morgan fingerprint density at radius 2 is 2.00 bits per heavy atom. The van der Waals surface area contributed by atoms with Gasteiger partial charge in [-0.3, -0.25) is 4.90 Å². The lowest BCUT2D eigenvalue weighted by Crippen LogP contribution is -2.47. The minimum absolute atomic E-state index is 0.726. The van der Waals surface area contributed by atoms with Gasteiger partial charge in [-0.2, -0.15) is 0 Å². The summed E-state index contributed by atoms with van der Waals surface area (Å²) in [7, 11) is 0. The molecular weight excluding hydrogens is 318 g/mol.